The number of hydrogen-bond donors (Lipinski definition) is 0. The second kappa shape index (κ2) is 8.18. The number of rotatable bonds is 4. The maximum Gasteiger partial charge on any atom is 0.331 e. The van der Waals surface area contributed by atoms with Gasteiger partial charge in [0, 0.05) is 12.8 Å². The molecular weight excluding hydrogens is 416 g/mol. The first-order valence-electron chi connectivity index (χ1n) is 11.3. The maximum absolute atomic E-state index is 13.0. The van der Waals surface area contributed by atoms with Crippen LogP contribution in [0.25, 0.3) is 0 Å². The van der Waals surface area contributed by atoms with Crippen molar-refractivity contribution in [3.05, 3.63) is 113 Å². The third-order valence-corrected chi connectivity index (χ3v) is 6.45. The van der Waals surface area contributed by atoms with Crippen molar-refractivity contribution in [1.29, 1.82) is 0 Å². The van der Waals surface area contributed by atoms with E-state index in [2.05, 4.69) is 24.3 Å². The zero-order valence-electron chi connectivity index (χ0n) is 18.1. The lowest BCUT2D eigenvalue weighted by Crippen LogP contribution is -2.46. The Morgan fingerprint density at radius 2 is 1.33 bits per heavy atom. The SMILES string of the molecule is O=C1C2=COC3(C[C@@H]2Oc2ccccc21)O[C@@H](Cc1ccccc1)[C@H](Cc1ccccc1)O3. The van der Waals surface area contributed by atoms with Crippen molar-refractivity contribution in [3.8, 4) is 5.75 Å². The number of benzene rings is 3. The van der Waals surface area contributed by atoms with E-state index in [0.29, 0.717) is 29.7 Å². The molecule has 0 aromatic heterocycles. The van der Waals surface area contributed by atoms with Crippen molar-refractivity contribution < 1.29 is 23.7 Å². The number of carbonyl (C=O) groups excluding carboxylic acids is 1. The minimum atomic E-state index is -1.28. The van der Waals surface area contributed by atoms with E-state index in [1.165, 1.54) is 17.4 Å². The molecule has 166 valence electrons. The summed E-state index contributed by atoms with van der Waals surface area (Å²) in [5.74, 6) is -0.766. The van der Waals surface area contributed by atoms with Gasteiger partial charge in [-0.15, -0.1) is 0 Å². The number of ketones is 1. The van der Waals surface area contributed by atoms with Gasteiger partial charge >= 0.3 is 5.97 Å². The van der Waals surface area contributed by atoms with Gasteiger partial charge in [-0.05, 0) is 23.3 Å². The Bertz CT molecular complexity index is 1140. The molecule has 3 aliphatic heterocycles. The Balaban J connectivity index is 1.28. The molecule has 3 aromatic carbocycles. The largest absolute Gasteiger partial charge is 0.484 e. The van der Waals surface area contributed by atoms with E-state index in [1.54, 1.807) is 6.07 Å². The molecule has 0 saturated carbocycles. The van der Waals surface area contributed by atoms with Crippen LogP contribution >= 0.6 is 0 Å². The van der Waals surface area contributed by atoms with Crippen LogP contribution in [-0.2, 0) is 27.1 Å². The predicted octanol–water partition coefficient (Wildman–Crippen LogP) is 4.86. The fourth-order valence-corrected chi connectivity index (χ4v) is 4.82. The first-order chi connectivity index (χ1) is 16.2. The first-order valence-corrected chi connectivity index (χ1v) is 11.3. The smallest absolute Gasteiger partial charge is 0.331 e. The van der Waals surface area contributed by atoms with Crippen LogP contribution in [0.4, 0.5) is 0 Å². The number of para-hydroxylation sites is 1. The van der Waals surface area contributed by atoms with Gasteiger partial charge in [-0.25, -0.2) is 0 Å². The molecule has 33 heavy (non-hydrogen) atoms. The summed E-state index contributed by atoms with van der Waals surface area (Å²) in [5, 5.41) is 0. The quantitative estimate of drug-likeness (QED) is 0.580. The van der Waals surface area contributed by atoms with Gasteiger partial charge in [-0.1, -0.05) is 72.8 Å². The van der Waals surface area contributed by atoms with Gasteiger partial charge in [-0.3, -0.25) is 4.79 Å². The average molecular weight is 440 g/mol. The second-order valence-electron chi connectivity index (χ2n) is 8.70. The third-order valence-electron chi connectivity index (χ3n) is 6.45. The topological polar surface area (TPSA) is 54.0 Å². The normalized spacial score (nSPS) is 24.9. The summed E-state index contributed by atoms with van der Waals surface area (Å²) in [6.45, 7) is 0. The van der Waals surface area contributed by atoms with Crippen molar-refractivity contribution in [2.75, 3.05) is 0 Å². The van der Waals surface area contributed by atoms with Crippen LogP contribution in [0.5, 0.6) is 5.75 Å². The molecular formula is C28H24O5. The van der Waals surface area contributed by atoms with E-state index in [-0.39, 0.29) is 24.4 Å². The van der Waals surface area contributed by atoms with Crippen LogP contribution in [0, 0.1) is 0 Å². The van der Waals surface area contributed by atoms with Crippen molar-refractivity contribution in [3.63, 3.8) is 0 Å². The molecule has 3 aliphatic rings. The van der Waals surface area contributed by atoms with Gasteiger partial charge in [0.2, 0.25) is 0 Å². The van der Waals surface area contributed by atoms with E-state index >= 15 is 0 Å². The molecule has 6 rings (SSSR count). The molecule has 0 radical (unpaired) electrons. The van der Waals surface area contributed by atoms with Crippen LogP contribution in [-0.4, -0.2) is 30.1 Å². The Labute approximate surface area is 192 Å². The zero-order valence-corrected chi connectivity index (χ0v) is 18.1. The van der Waals surface area contributed by atoms with Gasteiger partial charge in [0.25, 0.3) is 0 Å². The van der Waals surface area contributed by atoms with Crippen LogP contribution in [0.1, 0.15) is 27.9 Å². The fraction of sp³-hybridized carbons (Fsp3) is 0.250. The molecule has 5 nitrogen and oxygen atoms in total. The minimum Gasteiger partial charge on any atom is -0.484 e. The lowest BCUT2D eigenvalue weighted by atomic mass is 9.92. The zero-order chi connectivity index (χ0) is 22.3. The molecule has 0 unspecified atom stereocenters. The molecule has 0 N–H and O–H groups in total. The molecule has 0 amide bonds. The molecule has 3 heterocycles. The number of hydrogen-bond acceptors (Lipinski definition) is 5. The van der Waals surface area contributed by atoms with Gasteiger partial charge in [0.15, 0.2) is 5.78 Å². The Kier molecular flexibility index (Phi) is 5.01. The van der Waals surface area contributed by atoms with Crippen LogP contribution < -0.4 is 4.74 Å². The Morgan fingerprint density at radius 1 is 0.758 bits per heavy atom. The summed E-state index contributed by atoms with van der Waals surface area (Å²) >= 11 is 0. The molecule has 0 bridgehead atoms. The Hall–Kier alpha value is -3.41. The van der Waals surface area contributed by atoms with Crippen LogP contribution in [0.3, 0.4) is 0 Å². The maximum atomic E-state index is 13.0. The van der Waals surface area contributed by atoms with Crippen LogP contribution in [0.15, 0.2) is 96.8 Å². The highest BCUT2D eigenvalue weighted by Crippen LogP contribution is 2.44. The van der Waals surface area contributed by atoms with Crippen molar-refractivity contribution in [2.45, 2.75) is 43.5 Å². The number of Topliss-reactive ketones (excluding diaryl/α,β-unsaturated/α-hetero) is 1. The predicted molar refractivity (Wildman–Crippen MR) is 122 cm³/mol. The molecule has 1 saturated heterocycles. The molecule has 1 fully saturated rings. The molecule has 1 spiro atoms. The average Bonchev–Trinajstić information content (AvgIpc) is 3.16. The highest BCUT2D eigenvalue weighted by molar-refractivity contribution is 6.12. The number of fused-ring (bicyclic) bond motifs is 2. The van der Waals surface area contributed by atoms with Gasteiger partial charge < -0.3 is 18.9 Å². The molecule has 3 atom stereocenters. The van der Waals surface area contributed by atoms with E-state index in [9.17, 15) is 4.79 Å². The molecule has 5 heteroatoms. The monoisotopic (exact) mass is 440 g/mol. The summed E-state index contributed by atoms with van der Waals surface area (Å²) in [6, 6.07) is 27.8. The lowest BCUT2D eigenvalue weighted by Gasteiger charge is -2.37. The van der Waals surface area contributed by atoms with E-state index in [4.69, 9.17) is 18.9 Å². The highest BCUT2D eigenvalue weighted by Gasteiger charge is 2.54. The Morgan fingerprint density at radius 3 is 1.97 bits per heavy atom. The van der Waals surface area contributed by atoms with Crippen LogP contribution in [0.2, 0.25) is 0 Å². The van der Waals surface area contributed by atoms with Gasteiger partial charge in [0.1, 0.15) is 18.1 Å². The van der Waals surface area contributed by atoms with E-state index in [1.807, 2.05) is 54.6 Å². The summed E-state index contributed by atoms with van der Waals surface area (Å²) < 4.78 is 25.1. The minimum absolute atomic E-state index is 0.0728. The second-order valence-corrected chi connectivity index (χ2v) is 8.70. The van der Waals surface area contributed by atoms with Crippen molar-refractivity contribution >= 4 is 5.78 Å². The molecule has 3 aromatic rings. The van der Waals surface area contributed by atoms with Crippen molar-refractivity contribution in [2.24, 2.45) is 0 Å². The van der Waals surface area contributed by atoms with Gasteiger partial charge in [-0.2, -0.15) is 0 Å². The summed E-state index contributed by atoms with van der Waals surface area (Å²) in [6.07, 6.45) is 2.28. The summed E-state index contributed by atoms with van der Waals surface area (Å²) in [7, 11) is 0. The highest BCUT2D eigenvalue weighted by atomic mass is 16.9. The van der Waals surface area contributed by atoms with E-state index in [0.717, 1.165) is 0 Å². The van der Waals surface area contributed by atoms with Gasteiger partial charge in [0.05, 0.1) is 29.8 Å². The van der Waals surface area contributed by atoms with E-state index < -0.39 is 12.1 Å². The third kappa shape index (κ3) is 3.84. The first kappa shape index (κ1) is 20.2. The molecule has 0 aliphatic carbocycles. The number of carbonyl (C=O) groups is 1. The van der Waals surface area contributed by atoms with Crippen molar-refractivity contribution in [1.82, 2.24) is 0 Å². The number of ether oxygens (including phenoxy) is 4. The summed E-state index contributed by atoms with van der Waals surface area (Å²) in [4.78, 5) is 13.0. The standard InChI is InChI=1S/C28H24O5/c29-27-21-13-7-8-14-23(21)31-26-17-28(30-18-22(26)27)32-24(15-19-9-3-1-4-10-19)25(33-28)16-20-11-5-2-6-12-20/h1-14,18,24-26H,15-17H2/t24-,25-,26-/m0/s1. The fourth-order valence-electron chi connectivity index (χ4n) is 4.82. The summed E-state index contributed by atoms with van der Waals surface area (Å²) in [5.41, 5.74) is 3.40. The lowest BCUT2D eigenvalue weighted by molar-refractivity contribution is -0.332.